The first-order valence-electron chi connectivity index (χ1n) is 9.96. The third-order valence-electron chi connectivity index (χ3n) is 6.09. The minimum Gasteiger partial charge on any atom is -0.396 e. The lowest BCUT2D eigenvalue weighted by molar-refractivity contribution is 0.113. The van der Waals surface area contributed by atoms with Crippen LogP contribution in [0.25, 0.3) is 6.08 Å². The molecule has 2 saturated heterocycles. The number of rotatable bonds is 6. The van der Waals surface area contributed by atoms with Gasteiger partial charge in [-0.15, -0.1) is 0 Å². The number of nitrogens with zero attached hydrogens (tertiary/aromatic N) is 3. The maximum absolute atomic E-state index is 13.0. The third kappa shape index (κ3) is 4.17. The van der Waals surface area contributed by atoms with Crippen LogP contribution in [0, 0.1) is 24.1 Å². The lowest BCUT2D eigenvalue weighted by atomic mass is 9.82. The van der Waals surface area contributed by atoms with Crippen LogP contribution in [0.2, 0.25) is 0 Å². The summed E-state index contributed by atoms with van der Waals surface area (Å²) >= 11 is 0. The highest BCUT2D eigenvalue weighted by Gasteiger charge is 2.51. The van der Waals surface area contributed by atoms with Crippen LogP contribution in [0.4, 0.5) is 4.39 Å². The van der Waals surface area contributed by atoms with Crippen LogP contribution in [0.5, 0.6) is 0 Å². The second kappa shape index (κ2) is 8.11. The Morgan fingerprint density at radius 3 is 2.61 bits per heavy atom. The number of hydrogen-bond donors (Lipinski definition) is 1. The van der Waals surface area contributed by atoms with Gasteiger partial charge in [0.2, 0.25) is 0 Å². The molecule has 2 fully saturated rings. The summed E-state index contributed by atoms with van der Waals surface area (Å²) in [5.41, 5.74) is 3.13. The molecule has 0 bridgehead atoms. The van der Waals surface area contributed by atoms with E-state index >= 15 is 0 Å². The van der Waals surface area contributed by atoms with E-state index < -0.39 is 0 Å². The van der Waals surface area contributed by atoms with E-state index in [1.165, 1.54) is 12.1 Å². The maximum atomic E-state index is 13.0. The number of likely N-dealkylation sites (tertiary alicyclic amines) is 2. The number of hydrogen-bond acceptors (Lipinski definition) is 4. The Bertz CT molecular complexity index is 838. The molecule has 4 nitrogen and oxygen atoms in total. The van der Waals surface area contributed by atoms with Crippen molar-refractivity contribution in [3.8, 4) is 0 Å². The quantitative estimate of drug-likeness (QED) is 0.835. The summed E-state index contributed by atoms with van der Waals surface area (Å²) in [6, 6.07) is 12.7. The van der Waals surface area contributed by atoms with E-state index in [0.717, 1.165) is 56.2 Å². The summed E-state index contributed by atoms with van der Waals surface area (Å²) in [7, 11) is 0. The van der Waals surface area contributed by atoms with Gasteiger partial charge in [0.1, 0.15) is 5.82 Å². The zero-order chi connectivity index (χ0) is 19.6. The summed E-state index contributed by atoms with van der Waals surface area (Å²) in [6.45, 7) is 7.81. The molecule has 1 N–H and O–H groups in total. The van der Waals surface area contributed by atoms with Gasteiger partial charge in [0, 0.05) is 50.4 Å². The van der Waals surface area contributed by atoms with Crippen LogP contribution < -0.4 is 0 Å². The number of aromatic nitrogens is 1. The molecule has 0 spiro atoms. The Morgan fingerprint density at radius 2 is 1.89 bits per heavy atom. The molecule has 2 aliphatic rings. The van der Waals surface area contributed by atoms with E-state index in [-0.39, 0.29) is 17.8 Å². The summed E-state index contributed by atoms with van der Waals surface area (Å²) in [5, 5.41) is 10.2. The van der Waals surface area contributed by atoms with Crippen LogP contribution in [0.3, 0.4) is 0 Å². The highest BCUT2D eigenvalue weighted by atomic mass is 19.1. The fourth-order valence-electron chi connectivity index (χ4n) is 4.71. The number of aliphatic hydroxyl groups excluding tert-OH is 1. The number of pyridine rings is 1. The first kappa shape index (κ1) is 19.2. The summed E-state index contributed by atoms with van der Waals surface area (Å²) in [6.07, 6.45) is 4.17. The molecule has 1 aromatic heterocycles. The molecule has 0 aliphatic carbocycles. The Hall–Kier alpha value is -2.08. The minimum atomic E-state index is -0.208. The molecule has 2 aromatic rings. The van der Waals surface area contributed by atoms with Crippen molar-refractivity contribution < 1.29 is 9.50 Å². The van der Waals surface area contributed by atoms with E-state index in [2.05, 4.69) is 33.0 Å². The van der Waals surface area contributed by atoms with Gasteiger partial charge in [-0.2, -0.15) is 0 Å². The first-order chi connectivity index (χ1) is 13.6. The van der Waals surface area contributed by atoms with Gasteiger partial charge in [0.15, 0.2) is 0 Å². The number of fused-ring (bicyclic) bond motifs is 1. The number of halogens is 1. The lowest BCUT2D eigenvalue weighted by Gasteiger charge is -2.27. The van der Waals surface area contributed by atoms with Crippen LogP contribution >= 0.6 is 0 Å². The topological polar surface area (TPSA) is 39.6 Å². The fraction of sp³-hybridized carbons (Fsp3) is 0.435. The van der Waals surface area contributed by atoms with E-state index in [1.807, 2.05) is 19.1 Å². The molecule has 0 radical (unpaired) electrons. The van der Waals surface area contributed by atoms with Gasteiger partial charge in [-0.05, 0) is 42.7 Å². The van der Waals surface area contributed by atoms with Gasteiger partial charge >= 0.3 is 0 Å². The Labute approximate surface area is 166 Å². The number of benzene rings is 1. The average molecular weight is 381 g/mol. The van der Waals surface area contributed by atoms with Crippen molar-refractivity contribution in [3.05, 3.63) is 71.3 Å². The molecular formula is C23H28FN3O. The van der Waals surface area contributed by atoms with Gasteiger partial charge in [-0.1, -0.05) is 30.4 Å². The highest BCUT2D eigenvalue weighted by Crippen LogP contribution is 2.42. The molecule has 2 unspecified atom stereocenters. The summed E-state index contributed by atoms with van der Waals surface area (Å²) in [5.74, 6) is 0.279. The lowest BCUT2D eigenvalue weighted by Crippen LogP contribution is -2.37. The maximum Gasteiger partial charge on any atom is 0.123 e. The van der Waals surface area contributed by atoms with E-state index in [4.69, 9.17) is 0 Å². The number of aliphatic hydroxyl groups is 1. The monoisotopic (exact) mass is 381 g/mol. The summed E-state index contributed by atoms with van der Waals surface area (Å²) in [4.78, 5) is 9.48. The normalized spacial score (nSPS) is 25.6. The molecular weight excluding hydrogens is 353 g/mol. The van der Waals surface area contributed by atoms with Crippen molar-refractivity contribution >= 4 is 6.08 Å². The van der Waals surface area contributed by atoms with Crippen molar-refractivity contribution in [1.82, 2.24) is 14.8 Å². The van der Waals surface area contributed by atoms with Gasteiger partial charge in [-0.3, -0.25) is 14.8 Å². The molecule has 4 rings (SSSR count). The molecule has 0 saturated carbocycles. The smallest absolute Gasteiger partial charge is 0.123 e. The van der Waals surface area contributed by atoms with E-state index in [9.17, 15) is 9.50 Å². The van der Waals surface area contributed by atoms with Gasteiger partial charge in [-0.25, -0.2) is 4.39 Å². The highest BCUT2D eigenvalue weighted by molar-refractivity contribution is 5.49. The molecule has 0 amide bonds. The number of aryl methyl sites for hydroxylation is 1. The van der Waals surface area contributed by atoms with Crippen LogP contribution in [0.15, 0.2) is 48.5 Å². The molecule has 1 aromatic carbocycles. The molecule has 2 atom stereocenters. The van der Waals surface area contributed by atoms with Gasteiger partial charge in [0.25, 0.3) is 0 Å². The van der Waals surface area contributed by atoms with Crippen LogP contribution in [-0.2, 0) is 6.54 Å². The van der Waals surface area contributed by atoms with Crippen molar-refractivity contribution in [2.75, 3.05) is 39.3 Å². The Morgan fingerprint density at radius 1 is 1.14 bits per heavy atom. The fourth-order valence-corrected chi connectivity index (χ4v) is 4.71. The third-order valence-corrected chi connectivity index (χ3v) is 6.09. The standard InChI is InChI=1S/C23H28FN3O/c1-18-4-2-6-22(25-18)14-27-13-20-12-26(15-23(20,16-27)17-28)11-3-5-19-7-9-21(24)10-8-19/h2-10,20,28H,11-17H2,1H3. The van der Waals surface area contributed by atoms with Gasteiger partial charge < -0.3 is 5.11 Å². The Balaban J connectivity index is 1.34. The predicted octanol–water partition coefficient (Wildman–Crippen LogP) is 2.97. The van der Waals surface area contributed by atoms with Crippen LogP contribution in [-0.4, -0.2) is 59.2 Å². The van der Waals surface area contributed by atoms with Crippen molar-refractivity contribution in [1.29, 1.82) is 0 Å². The molecule has 3 heterocycles. The second-order valence-electron chi connectivity index (χ2n) is 8.31. The average Bonchev–Trinajstić information content (AvgIpc) is 3.17. The molecule has 2 aliphatic heterocycles. The van der Waals surface area contributed by atoms with Crippen LogP contribution in [0.1, 0.15) is 17.0 Å². The van der Waals surface area contributed by atoms with Crippen molar-refractivity contribution in [3.63, 3.8) is 0 Å². The summed E-state index contributed by atoms with van der Waals surface area (Å²) < 4.78 is 13.0. The zero-order valence-electron chi connectivity index (χ0n) is 16.4. The molecule has 148 valence electrons. The van der Waals surface area contributed by atoms with E-state index in [1.54, 1.807) is 12.1 Å². The first-order valence-corrected chi connectivity index (χ1v) is 9.96. The van der Waals surface area contributed by atoms with Crippen molar-refractivity contribution in [2.45, 2.75) is 13.5 Å². The molecule has 5 heteroatoms. The second-order valence-corrected chi connectivity index (χ2v) is 8.31. The minimum absolute atomic E-state index is 0.0342. The largest absolute Gasteiger partial charge is 0.396 e. The van der Waals surface area contributed by atoms with E-state index in [0.29, 0.717) is 5.92 Å². The Kier molecular flexibility index (Phi) is 5.58. The predicted molar refractivity (Wildman–Crippen MR) is 109 cm³/mol. The molecule has 28 heavy (non-hydrogen) atoms. The SMILES string of the molecule is Cc1cccc(CN2CC3CN(CC=Cc4ccc(F)cc4)CC3(CO)C2)n1. The van der Waals surface area contributed by atoms with Gasteiger partial charge in [0.05, 0.1) is 12.3 Å². The van der Waals surface area contributed by atoms with Crippen molar-refractivity contribution in [2.24, 2.45) is 11.3 Å². The zero-order valence-corrected chi connectivity index (χ0v) is 16.4.